The predicted molar refractivity (Wildman–Crippen MR) is 42.1 cm³/mol. The van der Waals surface area contributed by atoms with Crippen molar-refractivity contribution in [2.75, 3.05) is 12.3 Å². The summed E-state index contributed by atoms with van der Waals surface area (Å²) in [4.78, 5) is 10.3. The van der Waals surface area contributed by atoms with Gasteiger partial charge < -0.3 is 5.11 Å². The molecule has 0 rings (SSSR count). The molecule has 3 nitrogen and oxygen atoms in total. The van der Waals surface area contributed by atoms with Crippen LogP contribution in [0.25, 0.3) is 0 Å². The number of hydrogen-bond donors (Lipinski definition) is 3. The van der Waals surface area contributed by atoms with E-state index in [1.54, 1.807) is 0 Å². The molecular weight excluding hydrogens is 150 g/mol. The molecule has 0 aliphatic rings. The van der Waals surface area contributed by atoms with Gasteiger partial charge in [0, 0.05) is 5.75 Å². The zero-order chi connectivity index (χ0) is 7.98. The lowest BCUT2D eigenvalue weighted by atomic mass is 10.3. The highest BCUT2D eigenvalue weighted by Crippen LogP contribution is 1.86. The number of carboxylic acids is 1. The van der Waals surface area contributed by atoms with E-state index < -0.39 is 12.0 Å². The molecule has 0 aromatic rings. The molecule has 0 fully saturated rings. The molecule has 4 heteroatoms. The van der Waals surface area contributed by atoms with E-state index in [4.69, 9.17) is 11.5 Å². The summed E-state index contributed by atoms with van der Waals surface area (Å²) >= 11 is 3.82. The van der Waals surface area contributed by atoms with Crippen LogP contribution in [0.3, 0.4) is 0 Å². The maximum atomic E-state index is 10.3. The van der Waals surface area contributed by atoms with Crippen molar-refractivity contribution in [3.8, 4) is 12.3 Å². The Balaban J connectivity index is 3.63. The van der Waals surface area contributed by atoms with E-state index in [2.05, 4.69) is 23.9 Å². The molecule has 10 heavy (non-hydrogen) atoms. The monoisotopic (exact) mass is 159 g/mol. The summed E-state index contributed by atoms with van der Waals surface area (Å²) in [6.07, 6.45) is 4.90. The Morgan fingerprint density at radius 2 is 2.50 bits per heavy atom. The minimum absolute atomic E-state index is 0.247. The van der Waals surface area contributed by atoms with Gasteiger partial charge in [0.05, 0.1) is 6.54 Å². The summed E-state index contributed by atoms with van der Waals surface area (Å²) in [5.41, 5.74) is 0. The Bertz CT molecular complexity index is 152. The average Bonchev–Trinajstić information content (AvgIpc) is 1.89. The molecule has 0 unspecified atom stereocenters. The fourth-order valence-electron chi connectivity index (χ4n) is 0.412. The van der Waals surface area contributed by atoms with Crippen molar-refractivity contribution in [3.63, 3.8) is 0 Å². The lowest BCUT2D eigenvalue weighted by Crippen LogP contribution is -2.38. The van der Waals surface area contributed by atoms with Gasteiger partial charge in [-0.05, 0) is 0 Å². The van der Waals surface area contributed by atoms with Gasteiger partial charge in [-0.15, -0.1) is 6.42 Å². The highest BCUT2D eigenvalue weighted by atomic mass is 32.1. The van der Waals surface area contributed by atoms with Crippen molar-refractivity contribution in [1.82, 2.24) is 5.32 Å². The molecule has 56 valence electrons. The first-order valence-corrected chi connectivity index (χ1v) is 3.36. The van der Waals surface area contributed by atoms with Gasteiger partial charge in [-0.1, -0.05) is 5.92 Å². The maximum Gasteiger partial charge on any atom is 0.321 e. The van der Waals surface area contributed by atoms with Crippen molar-refractivity contribution in [2.24, 2.45) is 0 Å². The third-order valence-corrected chi connectivity index (χ3v) is 1.30. The lowest BCUT2D eigenvalue weighted by molar-refractivity contribution is -0.138. The minimum Gasteiger partial charge on any atom is -0.480 e. The van der Waals surface area contributed by atoms with E-state index in [9.17, 15) is 4.79 Å². The third kappa shape index (κ3) is 3.38. The van der Waals surface area contributed by atoms with Crippen LogP contribution in [0.2, 0.25) is 0 Å². The minimum atomic E-state index is -0.926. The Labute approximate surface area is 65.2 Å². The standard InChI is InChI=1S/C6H9NO2S/c1-2-3-7-5(4-10)6(8)9/h1,5,7,10H,3-4H2,(H,8,9)/t5-/m1/s1. The second-order valence-corrected chi connectivity index (χ2v) is 2.02. The quantitative estimate of drug-likeness (QED) is 0.386. The normalized spacial score (nSPS) is 12.0. The number of carboxylic acid groups (broad SMARTS) is 1. The van der Waals surface area contributed by atoms with E-state index in [-0.39, 0.29) is 12.3 Å². The number of hydrogen-bond acceptors (Lipinski definition) is 3. The SMILES string of the molecule is C#CCN[C@H](CS)C(=O)O. The van der Waals surface area contributed by atoms with Crippen LogP contribution in [-0.4, -0.2) is 29.4 Å². The average molecular weight is 159 g/mol. The van der Waals surface area contributed by atoms with Crippen molar-refractivity contribution in [1.29, 1.82) is 0 Å². The Kier molecular flexibility index (Phi) is 4.81. The molecule has 0 amide bonds. The van der Waals surface area contributed by atoms with Crippen LogP contribution < -0.4 is 5.32 Å². The van der Waals surface area contributed by atoms with Gasteiger partial charge in [-0.3, -0.25) is 10.1 Å². The van der Waals surface area contributed by atoms with Gasteiger partial charge in [0.2, 0.25) is 0 Å². The second kappa shape index (κ2) is 5.15. The summed E-state index contributed by atoms with van der Waals surface area (Å²) in [5.74, 6) is 1.60. The fraction of sp³-hybridized carbons (Fsp3) is 0.500. The maximum absolute atomic E-state index is 10.3. The van der Waals surface area contributed by atoms with Crippen LogP contribution in [0.1, 0.15) is 0 Å². The lowest BCUT2D eigenvalue weighted by Gasteiger charge is -2.07. The first kappa shape index (κ1) is 9.34. The molecule has 1 atom stereocenters. The molecule has 0 spiro atoms. The van der Waals surface area contributed by atoms with Gasteiger partial charge >= 0.3 is 5.97 Å². The summed E-state index contributed by atoms with van der Waals surface area (Å²) in [7, 11) is 0. The Hall–Kier alpha value is -0.660. The molecule has 0 aromatic heterocycles. The highest BCUT2D eigenvalue weighted by molar-refractivity contribution is 7.80. The fourth-order valence-corrected chi connectivity index (χ4v) is 0.697. The summed E-state index contributed by atoms with van der Waals surface area (Å²) < 4.78 is 0. The third-order valence-electron chi connectivity index (χ3n) is 0.931. The molecule has 0 saturated carbocycles. The van der Waals surface area contributed by atoms with Gasteiger partial charge in [-0.25, -0.2) is 0 Å². The van der Waals surface area contributed by atoms with E-state index in [0.29, 0.717) is 0 Å². The predicted octanol–water partition coefficient (Wildman–Crippen LogP) is -0.408. The smallest absolute Gasteiger partial charge is 0.321 e. The van der Waals surface area contributed by atoms with E-state index >= 15 is 0 Å². The first-order chi connectivity index (χ1) is 4.72. The first-order valence-electron chi connectivity index (χ1n) is 2.73. The summed E-state index contributed by atoms with van der Waals surface area (Å²) in [5, 5.41) is 11.0. The molecule has 2 N–H and O–H groups in total. The highest BCUT2D eigenvalue weighted by Gasteiger charge is 2.12. The largest absolute Gasteiger partial charge is 0.480 e. The zero-order valence-electron chi connectivity index (χ0n) is 5.37. The van der Waals surface area contributed by atoms with Crippen LogP contribution in [-0.2, 0) is 4.79 Å². The van der Waals surface area contributed by atoms with Gasteiger partial charge in [-0.2, -0.15) is 12.6 Å². The number of nitrogens with one attached hydrogen (secondary N) is 1. The van der Waals surface area contributed by atoms with E-state index in [0.717, 1.165) is 0 Å². The summed E-state index contributed by atoms with van der Waals surface area (Å²) in [6.45, 7) is 0.261. The van der Waals surface area contributed by atoms with Crippen LogP contribution in [0, 0.1) is 12.3 Å². The van der Waals surface area contributed by atoms with Crippen molar-refractivity contribution >= 4 is 18.6 Å². The van der Waals surface area contributed by atoms with Crippen LogP contribution in [0.5, 0.6) is 0 Å². The Morgan fingerprint density at radius 1 is 1.90 bits per heavy atom. The zero-order valence-corrected chi connectivity index (χ0v) is 6.27. The molecule has 0 bridgehead atoms. The molecule has 0 heterocycles. The van der Waals surface area contributed by atoms with Crippen molar-refractivity contribution in [3.05, 3.63) is 0 Å². The number of terminal acetylenes is 1. The Morgan fingerprint density at radius 3 is 2.80 bits per heavy atom. The van der Waals surface area contributed by atoms with Gasteiger partial charge in [0.15, 0.2) is 0 Å². The number of carbonyl (C=O) groups is 1. The summed E-state index contributed by atoms with van der Waals surface area (Å²) in [6, 6.07) is -0.639. The molecule has 0 radical (unpaired) electrons. The van der Waals surface area contributed by atoms with E-state index in [1.807, 2.05) is 0 Å². The van der Waals surface area contributed by atoms with Crippen LogP contribution >= 0.6 is 12.6 Å². The topological polar surface area (TPSA) is 49.3 Å². The van der Waals surface area contributed by atoms with Gasteiger partial charge in [0.25, 0.3) is 0 Å². The molecule has 0 aliphatic carbocycles. The van der Waals surface area contributed by atoms with Crippen LogP contribution in [0.4, 0.5) is 0 Å². The number of rotatable bonds is 4. The second-order valence-electron chi connectivity index (χ2n) is 1.66. The van der Waals surface area contributed by atoms with Crippen molar-refractivity contribution < 1.29 is 9.90 Å². The molecule has 0 aliphatic heterocycles. The van der Waals surface area contributed by atoms with E-state index in [1.165, 1.54) is 0 Å². The van der Waals surface area contributed by atoms with Gasteiger partial charge in [0.1, 0.15) is 6.04 Å². The van der Waals surface area contributed by atoms with Crippen molar-refractivity contribution in [2.45, 2.75) is 6.04 Å². The van der Waals surface area contributed by atoms with Crippen LogP contribution in [0.15, 0.2) is 0 Å². The molecule has 0 aromatic carbocycles. The molecular formula is C6H9NO2S. The number of aliphatic carboxylic acids is 1. The molecule has 0 saturated heterocycles. The number of thiol groups is 1.